The predicted octanol–water partition coefficient (Wildman–Crippen LogP) is 2.71. The minimum atomic E-state index is 0. The molecule has 5 nitrogen and oxygen atoms in total. The molecule has 0 aliphatic carbocycles. The number of hydrogen-bond donors (Lipinski definition) is 1. The fraction of sp³-hybridized carbons (Fsp3) is 0.467. The number of rotatable bonds is 4. The van der Waals surface area contributed by atoms with E-state index in [4.69, 9.17) is 4.74 Å². The Morgan fingerprint density at radius 1 is 1.29 bits per heavy atom. The van der Waals surface area contributed by atoms with Crippen molar-refractivity contribution in [1.29, 1.82) is 0 Å². The van der Waals surface area contributed by atoms with Crippen molar-refractivity contribution in [2.45, 2.75) is 18.9 Å². The van der Waals surface area contributed by atoms with Gasteiger partial charge in [-0.05, 0) is 25.0 Å². The summed E-state index contributed by atoms with van der Waals surface area (Å²) < 4.78 is 5.65. The van der Waals surface area contributed by atoms with Crippen LogP contribution in [0, 0.1) is 0 Å². The van der Waals surface area contributed by atoms with Gasteiger partial charge in [-0.2, -0.15) is 4.98 Å². The molecular weight excluding hydrogens is 288 g/mol. The van der Waals surface area contributed by atoms with E-state index in [1.807, 2.05) is 43.3 Å². The van der Waals surface area contributed by atoms with Crippen molar-refractivity contribution in [3.05, 3.63) is 24.3 Å². The van der Waals surface area contributed by atoms with Gasteiger partial charge in [-0.3, -0.25) is 0 Å². The van der Waals surface area contributed by atoms with Crippen molar-refractivity contribution in [2.75, 3.05) is 37.5 Å². The molecule has 1 unspecified atom stereocenters. The summed E-state index contributed by atoms with van der Waals surface area (Å²) >= 11 is 0. The Bertz CT molecular complexity index is 599. The van der Waals surface area contributed by atoms with Crippen LogP contribution in [0.1, 0.15) is 12.8 Å². The molecule has 21 heavy (non-hydrogen) atoms. The van der Waals surface area contributed by atoms with Gasteiger partial charge in [0, 0.05) is 32.6 Å². The number of hydrogen-bond acceptors (Lipinski definition) is 5. The van der Waals surface area contributed by atoms with Crippen LogP contribution in [0.2, 0.25) is 0 Å². The molecule has 1 N–H and O–H groups in total. The largest absolute Gasteiger partial charge is 0.376 e. The van der Waals surface area contributed by atoms with E-state index in [0.717, 1.165) is 48.7 Å². The maximum atomic E-state index is 5.65. The van der Waals surface area contributed by atoms with Crippen LogP contribution in [0.3, 0.4) is 0 Å². The van der Waals surface area contributed by atoms with Gasteiger partial charge in [0.25, 0.3) is 0 Å². The molecule has 1 atom stereocenters. The normalized spacial score (nSPS) is 17.5. The van der Waals surface area contributed by atoms with Gasteiger partial charge in [0.1, 0.15) is 5.82 Å². The molecule has 1 aliphatic heterocycles. The second-order valence-electron chi connectivity index (χ2n) is 5.30. The number of aromatic nitrogens is 2. The molecule has 114 valence electrons. The lowest BCUT2D eigenvalue weighted by Gasteiger charge is -2.16. The first-order chi connectivity index (χ1) is 9.74. The lowest BCUT2D eigenvalue weighted by Crippen LogP contribution is -2.20. The van der Waals surface area contributed by atoms with E-state index in [0.29, 0.717) is 6.10 Å². The summed E-state index contributed by atoms with van der Waals surface area (Å²) in [4.78, 5) is 11.1. The molecule has 0 saturated carbocycles. The second-order valence-corrected chi connectivity index (χ2v) is 5.30. The van der Waals surface area contributed by atoms with Gasteiger partial charge in [-0.1, -0.05) is 12.1 Å². The summed E-state index contributed by atoms with van der Waals surface area (Å²) in [7, 11) is 3.90. The molecule has 1 aromatic carbocycles. The summed E-state index contributed by atoms with van der Waals surface area (Å²) in [5.74, 6) is 1.60. The molecule has 0 radical (unpaired) electrons. The number of ether oxygens (including phenoxy) is 1. The highest BCUT2D eigenvalue weighted by Crippen LogP contribution is 2.23. The van der Waals surface area contributed by atoms with Crippen LogP contribution in [-0.2, 0) is 4.74 Å². The van der Waals surface area contributed by atoms with E-state index < -0.39 is 0 Å². The fourth-order valence-electron chi connectivity index (χ4n) is 2.41. The number of fused-ring (bicyclic) bond motifs is 1. The average molecular weight is 309 g/mol. The molecule has 1 aromatic heterocycles. The number of benzene rings is 1. The third kappa shape index (κ3) is 3.54. The molecule has 1 saturated heterocycles. The maximum absolute atomic E-state index is 5.65. The smallest absolute Gasteiger partial charge is 0.227 e. The standard InChI is InChI=1S/C15H20N4O.ClH/c1-19(2)15-17-13-8-4-3-7-12(13)14(18-15)16-10-11-6-5-9-20-11;/h3-4,7-8,11H,5-6,9-10H2,1-2H3,(H,16,17,18);1H. The molecule has 3 rings (SSSR count). The first-order valence-electron chi connectivity index (χ1n) is 7.03. The third-order valence-electron chi connectivity index (χ3n) is 3.51. The van der Waals surface area contributed by atoms with Crippen LogP contribution in [0.4, 0.5) is 11.8 Å². The summed E-state index contributed by atoms with van der Waals surface area (Å²) in [5, 5.41) is 4.47. The summed E-state index contributed by atoms with van der Waals surface area (Å²) in [6.07, 6.45) is 2.57. The Morgan fingerprint density at radius 2 is 2.10 bits per heavy atom. The molecule has 2 heterocycles. The molecule has 1 aliphatic rings. The van der Waals surface area contributed by atoms with Gasteiger partial charge < -0.3 is 15.0 Å². The monoisotopic (exact) mass is 308 g/mol. The Kier molecular flexibility index (Phi) is 5.20. The summed E-state index contributed by atoms with van der Waals surface area (Å²) in [6.45, 7) is 1.67. The molecule has 1 fully saturated rings. The Morgan fingerprint density at radius 3 is 2.81 bits per heavy atom. The second kappa shape index (κ2) is 6.91. The zero-order chi connectivity index (χ0) is 13.9. The molecule has 2 aromatic rings. The Balaban J connectivity index is 0.00000161. The number of halogens is 1. The van der Waals surface area contributed by atoms with Crippen LogP contribution in [0.25, 0.3) is 10.9 Å². The van der Waals surface area contributed by atoms with Crippen LogP contribution in [0.5, 0.6) is 0 Å². The van der Waals surface area contributed by atoms with E-state index in [1.165, 1.54) is 0 Å². The van der Waals surface area contributed by atoms with Crippen LogP contribution in [0.15, 0.2) is 24.3 Å². The van der Waals surface area contributed by atoms with Crippen molar-refractivity contribution in [3.8, 4) is 0 Å². The zero-order valence-electron chi connectivity index (χ0n) is 12.4. The van der Waals surface area contributed by atoms with Crippen LogP contribution < -0.4 is 10.2 Å². The van der Waals surface area contributed by atoms with Gasteiger partial charge in [0.05, 0.1) is 11.6 Å². The van der Waals surface area contributed by atoms with Crippen molar-refractivity contribution >= 4 is 35.1 Å². The van der Waals surface area contributed by atoms with Gasteiger partial charge >= 0.3 is 0 Å². The highest BCUT2D eigenvalue weighted by molar-refractivity contribution is 5.90. The molecule has 0 amide bonds. The Labute approximate surface area is 131 Å². The van der Waals surface area contributed by atoms with Crippen molar-refractivity contribution < 1.29 is 4.74 Å². The van der Waals surface area contributed by atoms with Gasteiger partial charge in [0.15, 0.2) is 0 Å². The highest BCUT2D eigenvalue weighted by atomic mass is 35.5. The number of para-hydroxylation sites is 1. The molecule has 0 spiro atoms. The van der Waals surface area contributed by atoms with Crippen molar-refractivity contribution in [2.24, 2.45) is 0 Å². The van der Waals surface area contributed by atoms with Gasteiger partial charge in [0.2, 0.25) is 5.95 Å². The predicted molar refractivity (Wildman–Crippen MR) is 88.6 cm³/mol. The first kappa shape index (κ1) is 15.8. The topological polar surface area (TPSA) is 50.3 Å². The SMILES string of the molecule is CN(C)c1nc(NCC2CCCO2)c2ccccc2n1.Cl. The Hall–Kier alpha value is -1.59. The minimum absolute atomic E-state index is 0. The van der Waals surface area contributed by atoms with E-state index in [9.17, 15) is 0 Å². The summed E-state index contributed by atoms with van der Waals surface area (Å²) in [6, 6.07) is 8.07. The lowest BCUT2D eigenvalue weighted by atomic mass is 10.2. The molecular formula is C15H21ClN4O. The number of nitrogens with one attached hydrogen (secondary N) is 1. The zero-order valence-corrected chi connectivity index (χ0v) is 13.2. The van der Waals surface area contributed by atoms with Gasteiger partial charge in [-0.25, -0.2) is 4.98 Å². The van der Waals surface area contributed by atoms with E-state index in [1.54, 1.807) is 0 Å². The van der Waals surface area contributed by atoms with E-state index >= 15 is 0 Å². The quantitative estimate of drug-likeness (QED) is 0.941. The number of anilines is 2. The fourth-order valence-corrected chi connectivity index (χ4v) is 2.41. The maximum Gasteiger partial charge on any atom is 0.227 e. The van der Waals surface area contributed by atoms with Crippen LogP contribution in [-0.4, -0.2) is 43.3 Å². The minimum Gasteiger partial charge on any atom is -0.376 e. The van der Waals surface area contributed by atoms with Crippen molar-refractivity contribution in [3.63, 3.8) is 0 Å². The van der Waals surface area contributed by atoms with Gasteiger partial charge in [-0.15, -0.1) is 12.4 Å². The first-order valence-corrected chi connectivity index (χ1v) is 7.03. The summed E-state index contributed by atoms with van der Waals surface area (Å²) in [5.41, 5.74) is 0.959. The highest BCUT2D eigenvalue weighted by Gasteiger charge is 2.16. The van der Waals surface area contributed by atoms with E-state index in [-0.39, 0.29) is 12.4 Å². The third-order valence-corrected chi connectivity index (χ3v) is 3.51. The molecule has 0 bridgehead atoms. The number of nitrogens with zero attached hydrogens (tertiary/aromatic N) is 3. The van der Waals surface area contributed by atoms with Crippen LogP contribution >= 0.6 is 12.4 Å². The lowest BCUT2D eigenvalue weighted by molar-refractivity contribution is 0.120. The molecule has 6 heteroatoms. The van der Waals surface area contributed by atoms with Crippen molar-refractivity contribution in [1.82, 2.24) is 9.97 Å². The van der Waals surface area contributed by atoms with E-state index in [2.05, 4.69) is 15.3 Å². The average Bonchev–Trinajstić information content (AvgIpc) is 2.97.